The van der Waals surface area contributed by atoms with Crippen LogP contribution in [0.2, 0.25) is 0 Å². The highest BCUT2D eigenvalue weighted by atomic mass is 35.5. The molecule has 13 heavy (non-hydrogen) atoms. The SMILES string of the molecule is COc1ccc(/C=C/CCl)cc1F. The van der Waals surface area contributed by atoms with Crippen LogP contribution in [0.15, 0.2) is 24.3 Å². The molecule has 0 radical (unpaired) electrons. The molecule has 0 heterocycles. The van der Waals surface area contributed by atoms with E-state index in [1.165, 1.54) is 13.2 Å². The number of hydrogen-bond acceptors (Lipinski definition) is 1. The smallest absolute Gasteiger partial charge is 0.165 e. The Bertz CT molecular complexity index is 310. The van der Waals surface area contributed by atoms with Crippen LogP contribution < -0.4 is 4.74 Å². The van der Waals surface area contributed by atoms with E-state index in [0.29, 0.717) is 5.88 Å². The molecule has 0 aliphatic carbocycles. The van der Waals surface area contributed by atoms with E-state index in [1.807, 2.05) is 0 Å². The van der Waals surface area contributed by atoms with Crippen molar-refractivity contribution < 1.29 is 9.13 Å². The van der Waals surface area contributed by atoms with Crippen molar-refractivity contribution in [1.82, 2.24) is 0 Å². The van der Waals surface area contributed by atoms with E-state index in [4.69, 9.17) is 16.3 Å². The molecule has 0 saturated carbocycles. The Morgan fingerprint density at radius 2 is 2.31 bits per heavy atom. The number of ether oxygens (including phenoxy) is 1. The fourth-order valence-corrected chi connectivity index (χ4v) is 1.06. The van der Waals surface area contributed by atoms with Gasteiger partial charge in [0.25, 0.3) is 0 Å². The van der Waals surface area contributed by atoms with Gasteiger partial charge in [0.1, 0.15) is 0 Å². The molecule has 0 N–H and O–H groups in total. The summed E-state index contributed by atoms with van der Waals surface area (Å²) in [5.74, 6) is 0.315. The molecule has 0 amide bonds. The zero-order valence-electron chi connectivity index (χ0n) is 7.26. The first kappa shape index (κ1) is 10.1. The summed E-state index contributed by atoms with van der Waals surface area (Å²) >= 11 is 5.44. The van der Waals surface area contributed by atoms with E-state index in [9.17, 15) is 4.39 Å². The van der Waals surface area contributed by atoms with E-state index in [0.717, 1.165) is 5.56 Å². The molecule has 1 aromatic carbocycles. The Morgan fingerprint density at radius 1 is 1.54 bits per heavy atom. The van der Waals surface area contributed by atoms with E-state index < -0.39 is 0 Å². The highest BCUT2D eigenvalue weighted by molar-refractivity contribution is 6.19. The summed E-state index contributed by atoms with van der Waals surface area (Å²) in [6, 6.07) is 4.76. The van der Waals surface area contributed by atoms with E-state index in [2.05, 4.69) is 0 Å². The van der Waals surface area contributed by atoms with Gasteiger partial charge in [0, 0.05) is 5.88 Å². The van der Waals surface area contributed by atoms with Crippen LogP contribution in [0.3, 0.4) is 0 Å². The van der Waals surface area contributed by atoms with Crippen molar-refractivity contribution in [3.8, 4) is 5.75 Å². The second-order valence-electron chi connectivity index (χ2n) is 2.45. The first-order chi connectivity index (χ1) is 6.27. The monoisotopic (exact) mass is 200 g/mol. The maximum Gasteiger partial charge on any atom is 0.165 e. The minimum absolute atomic E-state index is 0.253. The van der Waals surface area contributed by atoms with Crippen LogP contribution in [-0.2, 0) is 0 Å². The molecule has 0 unspecified atom stereocenters. The predicted octanol–water partition coefficient (Wildman–Crippen LogP) is 3.09. The minimum atomic E-state index is -0.362. The third kappa shape index (κ3) is 2.74. The van der Waals surface area contributed by atoms with Crippen LogP contribution in [0.25, 0.3) is 6.08 Å². The van der Waals surface area contributed by atoms with Gasteiger partial charge in [-0.25, -0.2) is 4.39 Å². The van der Waals surface area contributed by atoms with Crippen molar-refractivity contribution in [1.29, 1.82) is 0 Å². The quantitative estimate of drug-likeness (QED) is 0.682. The molecule has 70 valence electrons. The van der Waals surface area contributed by atoms with Crippen LogP contribution in [0.4, 0.5) is 4.39 Å². The van der Waals surface area contributed by atoms with Gasteiger partial charge in [0.05, 0.1) is 7.11 Å². The van der Waals surface area contributed by atoms with Gasteiger partial charge in [-0.05, 0) is 17.7 Å². The van der Waals surface area contributed by atoms with Crippen molar-refractivity contribution in [2.24, 2.45) is 0 Å². The molecular formula is C10H10ClFO. The van der Waals surface area contributed by atoms with Gasteiger partial charge in [-0.1, -0.05) is 18.2 Å². The molecule has 1 aromatic rings. The van der Waals surface area contributed by atoms with E-state index >= 15 is 0 Å². The van der Waals surface area contributed by atoms with Crippen molar-refractivity contribution >= 4 is 17.7 Å². The van der Waals surface area contributed by atoms with Gasteiger partial charge in [0.2, 0.25) is 0 Å². The standard InChI is InChI=1S/C10H10ClFO/c1-13-10-5-4-8(3-2-6-11)7-9(10)12/h2-5,7H,6H2,1H3/b3-2+. The third-order valence-electron chi connectivity index (χ3n) is 1.58. The van der Waals surface area contributed by atoms with Crippen molar-refractivity contribution in [3.05, 3.63) is 35.7 Å². The predicted molar refractivity (Wildman–Crippen MR) is 52.7 cm³/mol. The average Bonchev–Trinajstić information content (AvgIpc) is 2.15. The Balaban J connectivity index is 2.89. The minimum Gasteiger partial charge on any atom is -0.494 e. The molecule has 0 saturated heterocycles. The van der Waals surface area contributed by atoms with Crippen molar-refractivity contribution in [2.75, 3.05) is 13.0 Å². The maximum absolute atomic E-state index is 13.1. The topological polar surface area (TPSA) is 9.23 Å². The maximum atomic E-state index is 13.1. The number of methoxy groups -OCH3 is 1. The Labute approximate surface area is 81.8 Å². The molecule has 0 atom stereocenters. The summed E-state index contributed by atoms with van der Waals surface area (Å²) in [4.78, 5) is 0. The number of allylic oxidation sites excluding steroid dienone is 1. The molecule has 3 heteroatoms. The number of benzene rings is 1. The Kier molecular flexibility index (Phi) is 3.77. The highest BCUT2D eigenvalue weighted by Crippen LogP contribution is 2.18. The molecular weight excluding hydrogens is 191 g/mol. The number of rotatable bonds is 3. The summed E-state index contributed by atoms with van der Waals surface area (Å²) in [6.45, 7) is 0. The number of hydrogen-bond donors (Lipinski definition) is 0. The Hall–Kier alpha value is -1.02. The summed E-state index contributed by atoms with van der Waals surface area (Å²) in [7, 11) is 1.44. The summed E-state index contributed by atoms with van der Waals surface area (Å²) in [5, 5.41) is 0. The van der Waals surface area contributed by atoms with Crippen LogP contribution >= 0.6 is 11.6 Å². The fraction of sp³-hybridized carbons (Fsp3) is 0.200. The summed E-state index contributed by atoms with van der Waals surface area (Å²) in [5.41, 5.74) is 0.777. The zero-order chi connectivity index (χ0) is 9.68. The lowest BCUT2D eigenvalue weighted by molar-refractivity contribution is 0.386. The molecule has 0 aliphatic rings. The Morgan fingerprint density at radius 3 is 2.85 bits per heavy atom. The largest absolute Gasteiger partial charge is 0.494 e. The van der Waals surface area contributed by atoms with E-state index in [1.54, 1.807) is 24.3 Å². The summed E-state index contributed by atoms with van der Waals surface area (Å²) in [6.07, 6.45) is 3.51. The third-order valence-corrected chi connectivity index (χ3v) is 1.75. The van der Waals surface area contributed by atoms with Crippen molar-refractivity contribution in [3.63, 3.8) is 0 Å². The second kappa shape index (κ2) is 4.87. The molecule has 0 fully saturated rings. The lowest BCUT2D eigenvalue weighted by Gasteiger charge is -2.01. The van der Waals surface area contributed by atoms with Gasteiger partial charge in [-0.3, -0.25) is 0 Å². The van der Waals surface area contributed by atoms with Gasteiger partial charge < -0.3 is 4.74 Å². The van der Waals surface area contributed by atoms with Crippen LogP contribution in [0.1, 0.15) is 5.56 Å². The normalized spacial score (nSPS) is 10.7. The van der Waals surface area contributed by atoms with Crippen LogP contribution in [-0.4, -0.2) is 13.0 Å². The summed E-state index contributed by atoms with van der Waals surface area (Å²) < 4.78 is 17.9. The fourth-order valence-electron chi connectivity index (χ4n) is 0.967. The molecule has 0 bridgehead atoms. The number of alkyl halides is 1. The van der Waals surface area contributed by atoms with E-state index in [-0.39, 0.29) is 11.6 Å². The molecule has 0 spiro atoms. The molecule has 0 aliphatic heterocycles. The molecule has 0 aromatic heterocycles. The highest BCUT2D eigenvalue weighted by Gasteiger charge is 2.00. The second-order valence-corrected chi connectivity index (χ2v) is 2.76. The van der Waals surface area contributed by atoms with Crippen LogP contribution in [0, 0.1) is 5.82 Å². The van der Waals surface area contributed by atoms with Gasteiger partial charge >= 0.3 is 0 Å². The lowest BCUT2D eigenvalue weighted by atomic mass is 10.2. The molecule has 1 nitrogen and oxygen atoms in total. The van der Waals surface area contributed by atoms with Crippen molar-refractivity contribution in [2.45, 2.75) is 0 Å². The van der Waals surface area contributed by atoms with Gasteiger partial charge in [0.15, 0.2) is 11.6 Å². The first-order valence-corrected chi connectivity index (χ1v) is 4.37. The zero-order valence-corrected chi connectivity index (χ0v) is 8.01. The van der Waals surface area contributed by atoms with Gasteiger partial charge in [-0.2, -0.15) is 0 Å². The average molecular weight is 201 g/mol. The first-order valence-electron chi connectivity index (χ1n) is 3.84. The number of halogens is 2. The van der Waals surface area contributed by atoms with Crippen LogP contribution in [0.5, 0.6) is 5.75 Å². The molecule has 1 rings (SSSR count). The lowest BCUT2D eigenvalue weighted by Crippen LogP contribution is -1.87. The van der Waals surface area contributed by atoms with Gasteiger partial charge in [-0.15, -0.1) is 11.6 Å².